The van der Waals surface area contributed by atoms with Crippen molar-refractivity contribution in [2.24, 2.45) is 0 Å². The minimum Gasteiger partial charge on any atom is -0.433 e. The Bertz CT molecular complexity index is 545. The van der Waals surface area contributed by atoms with Crippen molar-refractivity contribution < 1.29 is 23.4 Å². The van der Waals surface area contributed by atoms with E-state index < -0.39 is 12.2 Å². The van der Waals surface area contributed by atoms with E-state index in [4.69, 9.17) is 0 Å². The molecule has 0 spiro atoms. The first-order valence-corrected chi connectivity index (χ1v) is 8.33. The maximum atomic E-state index is 12.5. The molecule has 0 bridgehead atoms. The fourth-order valence-corrected chi connectivity index (χ4v) is 3.49. The summed E-state index contributed by atoms with van der Waals surface area (Å²) in [4.78, 5) is 16.5. The van der Waals surface area contributed by atoms with Crippen LogP contribution in [-0.2, 0) is 0 Å². The summed E-state index contributed by atoms with van der Waals surface area (Å²) in [6, 6.07) is 1.47. The summed E-state index contributed by atoms with van der Waals surface area (Å²) in [7, 11) is 0. The summed E-state index contributed by atoms with van der Waals surface area (Å²) in [6.45, 7) is 4.66. The summed E-state index contributed by atoms with van der Waals surface area (Å²) in [6.07, 6.45) is 0. The van der Waals surface area contributed by atoms with Crippen LogP contribution in [0.15, 0.2) is 11.4 Å². The molecule has 1 aliphatic rings. The highest BCUT2D eigenvalue weighted by atomic mass is 32.1. The van der Waals surface area contributed by atoms with Crippen molar-refractivity contribution in [3.8, 4) is 5.75 Å². The van der Waals surface area contributed by atoms with E-state index in [1.54, 1.807) is 24.1 Å². The fraction of sp³-hybridized carbons (Fsp3) is 0.667. The molecule has 1 atom stereocenters. The van der Waals surface area contributed by atoms with Crippen molar-refractivity contribution >= 4 is 17.2 Å². The molecule has 2 rings (SSSR count). The number of ether oxygens (including phenoxy) is 1. The number of amides is 1. The number of rotatable bonds is 5. The molecule has 1 N–H and O–H groups in total. The molecule has 2 heterocycles. The Kier molecular flexibility index (Phi) is 5.59. The molecule has 0 saturated carbocycles. The van der Waals surface area contributed by atoms with E-state index >= 15 is 0 Å². The van der Waals surface area contributed by atoms with Crippen LogP contribution in [0.5, 0.6) is 5.75 Å². The van der Waals surface area contributed by atoms with E-state index in [9.17, 15) is 18.7 Å². The highest BCUT2D eigenvalue weighted by Crippen LogP contribution is 2.28. The molecule has 5 nitrogen and oxygen atoms in total. The first-order valence-electron chi connectivity index (χ1n) is 7.45. The number of β-amino-alcohol motifs (C(OH)–C–C–N with tert-alkyl or cyclic N) is 1. The number of piperazine rings is 1. The molecular formula is C15H22F2N2O3S. The van der Waals surface area contributed by atoms with E-state index in [1.165, 1.54) is 6.07 Å². The van der Waals surface area contributed by atoms with Crippen LogP contribution in [0, 0.1) is 0 Å². The number of thiophene rings is 1. The minimum atomic E-state index is -2.95. The Morgan fingerprint density at radius 1 is 1.52 bits per heavy atom. The molecule has 0 radical (unpaired) electrons. The van der Waals surface area contributed by atoms with Gasteiger partial charge in [-0.15, -0.1) is 11.3 Å². The molecular weight excluding hydrogens is 326 g/mol. The predicted octanol–water partition coefficient (Wildman–Crippen LogP) is 2.27. The number of aliphatic hydroxyl groups is 1. The zero-order valence-corrected chi connectivity index (χ0v) is 14.3. The van der Waals surface area contributed by atoms with Crippen molar-refractivity contribution in [2.75, 3.05) is 26.2 Å². The summed E-state index contributed by atoms with van der Waals surface area (Å²) in [5, 5.41) is 11.5. The van der Waals surface area contributed by atoms with Crippen LogP contribution in [0.1, 0.15) is 30.4 Å². The van der Waals surface area contributed by atoms with Crippen LogP contribution in [0.2, 0.25) is 0 Å². The van der Waals surface area contributed by atoms with Gasteiger partial charge in [-0.2, -0.15) is 8.78 Å². The van der Waals surface area contributed by atoms with Gasteiger partial charge in [0.1, 0.15) is 10.6 Å². The summed E-state index contributed by atoms with van der Waals surface area (Å²) in [5.74, 6) is -0.355. The summed E-state index contributed by atoms with van der Waals surface area (Å²) < 4.78 is 29.2. The lowest BCUT2D eigenvalue weighted by atomic mass is 10.1. The molecule has 130 valence electrons. The lowest BCUT2D eigenvalue weighted by Gasteiger charge is -2.41. The van der Waals surface area contributed by atoms with Crippen LogP contribution >= 0.6 is 11.3 Å². The van der Waals surface area contributed by atoms with Gasteiger partial charge in [0.15, 0.2) is 0 Å². The average Bonchev–Trinajstić information content (AvgIpc) is 2.86. The van der Waals surface area contributed by atoms with Crippen molar-refractivity contribution in [1.29, 1.82) is 0 Å². The molecule has 0 aromatic carbocycles. The maximum Gasteiger partial charge on any atom is 0.387 e. The van der Waals surface area contributed by atoms with Crippen molar-refractivity contribution in [3.05, 3.63) is 16.3 Å². The normalized spacial score (nSPS) is 20.1. The first-order chi connectivity index (χ1) is 10.7. The molecule has 1 fully saturated rings. The second kappa shape index (κ2) is 7.11. The lowest BCUT2D eigenvalue weighted by molar-refractivity contribution is -0.0500. The minimum absolute atomic E-state index is 0.0680. The van der Waals surface area contributed by atoms with Crippen LogP contribution in [0.4, 0.5) is 8.78 Å². The predicted molar refractivity (Wildman–Crippen MR) is 84.2 cm³/mol. The van der Waals surface area contributed by atoms with Crippen LogP contribution < -0.4 is 4.74 Å². The Morgan fingerprint density at radius 2 is 2.22 bits per heavy atom. The highest BCUT2D eigenvalue weighted by Gasteiger charge is 2.31. The van der Waals surface area contributed by atoms with Crippen LogP contribution in [0.25, 0.3) is 0 Å². The average molecular weight is 348 g/mol. The topological polar surface area (TPSA) is 53.0 Å². The first kappa shape index (κ1) is 18.1. The third-order valence-corrected chi connectivity index (χ3v) is 4.57. The zero-order chi connectivity index (χ0) is 17.2. The van der Waals surface area contributed by atoms with E-state index in [2.05, 4.69) is 9.64 Å². The largest absolute Gasteiger partial charge is 0.433 e. The molecule has 23 heavy (non-hydrogen) atoms. The smallest absolute Gasteiger partial charge is 0.387 e. The Hall–Kier alpha value is -1.25. The second-order valence-corrected chi connectivity index (χ2v) is 7.29. The molecule has 0 aliphatic carbocycles. The van der Waals surface area contributed by atoms with E-state index in [0.717, 1.165) is 11.3 Å². The van der Waals surface area contributed by atoms with Gasteiger partial charge >= 0.3 is 6.61 Å². The number of alkyl halides is 2. The molecule has 1 amide bonds. The maximum absolute atomic E-state index is 12.5. The van der Waals surface area contributed by atoms with Crippen molar-refractivity contribution in [2.45, 2.75) is 39.0 Å². The Morgan fingerprint density at radius 3 is 2.78 bits per heavy atom. The molecule has 8 heteroatoms. The monoisotopic (exact) mass is 348 g/mol. The summed E-state index contributed by atoms with van der Waals surface area (Å²) >= 11 is 1.10. The Balaban J connectivity index is 2.02. The number of carbonyl (C=O) groups is 1. The number of hydrogen-bond donors (Lipinski definition) is 1. The molecule has 0 unspecified atom stereocenters. The number of halogens is 2. The zero-order valence-electron chi connectivity index (χ0n) is 13.5. The third kappa shape index (κ3) is 4.86. The molecule has 1 aromatic heterocycles. The van der Waals surface area contributed by atoms with E-state index in [-0.39, 0.29) is 22.6 Å². The van der Waals surface area contributed by atoms with E-state index in [1.807, 2.05) is 6.92 Å². The van der Waals surface area contributed by atoms with Gasteiger partial charge in [0.2, 0.25) is 0 Å². The number of hydrogen-bond acceptors (Lipinski definition) is 5. The standard InChI is InChI=1S/C15H22F2N2O3S/c1-10-8-18(5-6-19(10)9-15(2,3)21)13(20)12-11(4-7-23-12)22-14(16)17/h4,7,10,14,21H,5-6,8-9H2,1-3H3/t10-/m1/s1. The Labute approximate surface area is 138 Å². The SMILES string of the molecule is C[C@@H]1CN(C(=O)c2sccc2OC(F)F)CCN1CC(C)(C)O. The van der Waals surface area contributed by atoms with Gasteiger partial charge in [0, 0.05) is 32.2 Å². The van der Waals surface area contributed by atoms with Crippen molar-refractivity contribution in [1.82, 2.24) is 9.80 Å². The van der Waals surface area contributed by atoms with Crippen LogP contribution in [-0.4, -0.2) is 65.2 Å². The van der Waals surface area contributed by atoms with Gasteiger partial charge < -0.3 is 14.7 Å². The molecule has 1 saturated heterocycles. The third-order valence-electron chi connectivity index (χ3n) is 3.68. The number of nitrogens with zero attached hydrogens (tertiary/aromatic N) is 2. The second-order valence-electron chi connectivity index (χ2n) is 6.38. The van der Waals surface area contributed by atoms with Crippen molar-refractivity contribution in [3.63, 3.8) is 0 Å². The van der Waals surface area contributed by atoms with Gasteiger partial charge in [0.05, 0.1) is 5.60 Å². The highest BCUT2D eigenvalue weighted by molar-refractivity contribution is 7.12. The van der Waals surface area contributed by atoms with E-state index in [0.29, 0.717) is 26.2 Å². The van der Waals surface area contributed by atoms with Gasteiger partial charge in [-0.3, -0.25) is 9.69 Å². The van der Waals surface area contributed by atoms with Gasteiger partial charge in [-0.25, -0.2) is 0 Å². The lowest BCUT2D eigenvalue weighted by Crippen LogP contribution is -2.56. The molecule has 1 aliphatic heterocycles. The van der Waals surface area contributed by atoms with Crippen LogP contribution in [0.3, 0.4) is 0 Å². The van der Waals surface area contributed by atoms with Gasteiger partial charge in [-0.1, -0.05) is 0 Å². The summed E-state index contributed by atoms with van der Waals surface area (Å²) in [5.41, 5.74) is -0.799. The number of carbonyl (C=O) groups excluding carboxylic acids is 1. The quantitative estimate of drug-likeness (QED) is 0.887. The molecule has 1 aromatic rings. The van der Waals surface area contributed by atoms with Gasteiger partial charge in [-0.05, 0) is 32.2 Å². The fourth-order valence-electron chi connectivity index (χ4n) is 2.70. The van der Waals surface area contributed by atoms with Gasteiger partial charge in [0.25, 0.3) is 5.91 Å².